The van der Waals surface area contributed by atoms with Crippen LogP contribution in [0.4, 0.5) is 0 Å². The van der Waals surface area contributed by atoms with E-state index in [0.717, 1.165) is 87.7 Å². The van der Waals surface area contributed by atoms with E-state index in [2.05, 4.69) is 36.7 Å². The van der Waals surface area contributed by atoms with Crippen LogP contribution in [-0.4, -0.2) is 57.4 Å². The van der Waals surface area contributed by atoms with E-state index < -0.39 is 0 Å². The van der Waals surface area contributed by atoms with Gasteiger partial charge in [0.05, 0.1) is 6.10 Å². The van der Waals surface area contributed by atoms with Gasteiger partial charge in [0.2, 0.25) is 0 Å². The van der Waals surface area contributed by atoms with Crippen molar-refractivity contribution in [2.24, 2.45) is 52.1 Å². The molecule has 42 heavy (non-hydrogen) atoms. The number of rotatable bonds is 17. The second-order valence-electron chi connectivity index (χ2n) is 15.7. The summed E-state index contributed by atoms with van der Waals surface area (Å²) in [6.45, 7) is 18.0. The third kappa shape index (κ3) is 8.31. The summed E-state index contributed by atoms with van der Waals surface area (Å²) in [7, 11) is 0. The third-order valence-electron chi connectivity index (χ3n) is 12.8. The summed E-state index contributed by atoms with van der Waals surface area (Å²) in [6, 6.07) is 0.722. The van der Waals surface area contributed by atoms with Gasteiger partial charge in [0.15, 0.2) is 0 Å². The SMILES string of the molecule is CC(C)OC(=O)CC[C@@H](C)[C@H]1CCC2C3CCC4C[C@@H](NCCCNCCCNCCCN)CC[C@]4(C)C3CC[C@@]21C. The second kappa shape index (κ2) is 16.0. The summed E-state index contributed by atoms with van der Waals surface area (Å²) in [5.41, 5.74) is 6.56. The first-order chi connectivity index (χ1) is 20.2. The van der Waals surface area contributed by atoms with Crippen molar-refractivity contribution in [2.75, 3.05) is 39.3 Å². The smallest absolute Gasteiger partial charge is 0.306 e. The van der Waals surface area contributed by atoms with Crippen molar-refractivity contribution in [2.45, 2.75) is 137 Å². The van der Waals surface area contributed by atoms with Gasteiger partial charge in [0.1, 0.15) is 0 Å². The number of hydrogen-bond donors (Lipinski definition) is 4. The number of nitrogens with one attached hydrogen (secondary N) is 3. The number of carbonyl (C=O) groups excluding carboxylic acids is 1. The Balaban J connectivity index is 1.19. The molecule has 0 heterocycles. The third-order valence-corrected chi connectivity index (χ3v) is 12.8. The average molecular weight is 589 g/mol. The number of nitrogens with two attached hydrogens (primary N) is 1. The molecule has 0 aliphatic heterocycles. The topological polar surface area (TPSA) is 88.4 Å². The Morgan fingerprint density at radius 2 is 1.50 bits per heavy atom. The van der Waals surface area contributed by atoms with Crippen molar-refractivity contribution in [3.05, 3.63) is 0 Å². The maximum atomic E-state index is 12.2. The van der Waals surface area contributed by atoms with Gasteiger partial charge in [-0.25, -0.2) is 0 Å². The Hall–Kier alpha value is -0.690. The van der Waals surface area contributed by atoms with Gasteiger partial charge in [-0.3, -0.25) is 4.79 Å². The van der Waals surface area contributed by atoms with Gasteiger partial charge in [0, 0.05) is 12.5 Å². The standard InChI is InChI=1S/C36H68N4O2/c1-26(2)42-34(41)14-9-27(3)31-12-13-32-30-11-10-28-25-29(15-17-35(28,4)33(30)16-18-36(31,32)5)40-24-8-23-39-22-7-21-38-20-6-19-37/h26-33,38-40H,6-25,37H2,1-5H3/t27-,28?,29+,30?,31-,32?,33?,35+,36-/m1/s1. The lowest BCUT2D eigenvalue weighted by Gasteiger charge is -2.61. The minimum atomic E-state index is -0.00802. The van der Waals surface area contributed by atoms with Crippen molar-refractivity contribution < 1.29 is 9.53 Å². The van der Waals surface area contributed by atoms with Gasteiger partial charge in [0.25, 0.3) is 0 Å². The zero-order valence-corrected chi connectivity index (χ0v) is 28.2. The van der Waals surface area contributed by atoms with E-state index in [1.54, 1.807) is 0 Å². The summed E-state index contributed by atoms with van der Waals surface area (Å²) >= 11 is 0. The van der Waals surface area contributed by atoms with E-state index in [0.29, 0.717) is 23.2 Å². The Labute approximate surface area is 259 Å². The van der Waals surface area contributed by atoms with Crippen LogP contribution in [0.5, 0.6) is 0 Å². The Bertz CT molecular complexity index is 822. The van der Waals surface area contributed by atoms with Gasteiger partial charge in [-0.2, -0.15) is 0 Å². The molecule has 4 aliphatic carbocycles. The van der Waals surface area contributed by atoms with Crippen molar-refractivity contribution in [3.63, 3.8) is 0 Å². The molecule has 6 nitrogen and oxygen atoms in total. The van der Waals surface area contributed by atoms with Crippen molar-refractivity contribution in [1.29, 1.82) is 0 Å². The lowest BCUT2D eigenvalue weighted by atomic mass is 9.44. The molecule has 4 rings (SSSR count). The summed E-state index contributed by atoms with van der Waals surface area (Å²) < 4.78 is 5.44. The molecule has 9 atom stereocenters. The van der Waals surface area contributed by atoms with E-state index >= 15 is 0 Å². The molecule has 0 spiro atoms. The highest BCUT2D eigenvalue weighted by atomic mass is 16.5. The Kier molecular flexibility index (Phi) is 13.1. The van der Waals surface area contributed by atoms with Gasteiger partial charge in [-0.15, -0.1) is 0 Å². The molecule has 5 N–H and O–H groups in total. The maximum Gasteiger partial charge on any atom is 0.306 e. The van der Waals surface area contributed by atoms with Crippen LogP contribution in [0.3, 0.4) is 0 Å². The molecule has 0 aromatic carbocycles. The molecular weight excluding hydrogens is 520 g/mol. The Morgan fingerprint density at radius 3 is 2.21 bits per heavy atom. The lowest BCUT2D eigenvalue weighted by Crippen LogP contribution is -2.55. The molecule has 4 fully saturated rings. The first kappa shape index (κ1) is 34.2. The van der Waals surface area contributed by atoms with Crippen molar-refractivity contribution in [3.8, 4) is 0 Å². The van der Waals surface area contributed by atoms with E-state index in [9.17, 15) is 4.79 Å². The molecule has 0 saturated heterocycles. The average Bonchev–Trinajstić information content (AvgIpc) is 3.31. The normalized spacial score (nSPS) is 36.7. The van der Waals surface area contributed by atoms with Crippen LogP contribution in [0.2, 0.25) is 0 Å². The van der Waals surface area contributed by atoms with Gasteiger partial charge in [-0.1, -0.05) is 20.8 Å². The summed E-state index contributed by atoms with van der Waals surface area (Å²) in [4.78, 5) is 12.2. The maximum absolute atomic E-state index is 12.2. The molecule has 4 unspecified atom stereocenters. The van der Waals surface area contributed by atoms with Crippen LogP contribution >= 0.6 is 0 Å². The number of fused-ring (bicyclic) bond motifs is 5. The molecule has 0 radical (unpaired) electrons. The minimum absolute atomic E-state index is 0.00369. The fourth-order valence-corrected chi connectivity index (χ4v) is 10.6. The first-order valence-corrected chi connectivity index (χ1v) is 18.2. The van der Waals surface area contributed by atoms with E-state index in [1.165, 1.54) is 70.6 Å². The van der Waals surface area contributed by atoms with Gasteiger partial charge in [-0.05, 0) is 183 Å². The Morgan fingerprint density at radius 1 is 0.833 bits per heavy atom. The van der Waals surface area contributed by atoms with E-state index in [1.807, 2.05) is 13.8 Å². The number of ether oxygens (including phenoxy) is 1. The second-order valence-corrected chi connectivity index (χ2v) is 15.7. The molecule has 4 saturated carbocycles. The number of esters is 1. The number of carbonyl (C=O) groups is 1. The highest BCUT2D eigenvalue weighted by Gasteiger charge is 2.60. The monoisotopic (exact) mass is 589 g/mol. The zero-order chi connectivity index (χ0) is 30.2. The molecule has 0 aromatic rings. The van der Waals surface area contributed by atoms with E-state index in [-0.39, 0.29) is 12.1 Å². The highest BCUT2D eigenvalue weighted by Crippen LogP contribution is 2.68. The molecule has 0 amide bonds. The van der Waals surface area contributed by atoms with Crippen molar-refractivity contribution >= 4 is 5.97 Å². The number of hydrogen-bond acceptors (Lipinski definition) is 6. The van der Waals surface area contributed by atoms with Gasteiger partial charge < -0.3 is 26.4 Å². The summed E-state index contributed by atoms with van der Waals surface area (Å²) in [6.07, 6.45) is 17.8. The van der Waals surface area contributed by atoms with Crippen LogP contribution in [0.1, 0.15) is 125 Å². The minimum Gasteiger partial charge on any atom is -0.463 e. The quantitative estimate of drug-likeness (QED) is 0.118. The van der Waals surface area contributed by atoms with Crippen LogP contribution in [-0.2, 0) is 9.53 Å². The molecule has 4 aliphatic rings. The molecule has 6 heteroatoms. The van der Waals surface area contributed by atoms with Crippen molar-refractivity contribution in [1.82, 2.24) is 16.0 Å². The largest absolute Gasteiger partial charge is 0.463 e. The molecule has 0 aromatic heterocycles. The predicted molar refractivity (Wildman–Crippen MR) is 175 cm³/mol. The fraction of sp³-hybridized carbons (Fsp3) is 0.972. The first-order valence-electron chi connectivity index (χ1n) is 18.2. The van der Waals surface area contributed by atoms with Crippen LogP contribution in [0, 0.1) is 46.3 Å². The lowest BCUT2D eigenvalue weighted by molar-refractivity contribution is -0.148. The molecular formula is C36H68N4O2. The summed E-state index contributed by atoms with van der Waals surface area (Å²) in [5.74, 6) is 5.04. The fourth-order valence-electron chi connectivity index (χ4n) is 10.6. The van der Waals surface area contributed by atoms with Gasteiger partial charge >= 0.3 is 5.97 Å². The summed E-state index contributed by atoms with van der Waals surface area (Å²) in [5, 5.41) is 11.0. The van der Waals surface area contributed by atoms with E-state index in [4.69, 9.17) is 10.5 Å². The van der Waals surface area contributed by atoms with Crippen LogP contribution in [0.25, 0.3) is 0 Å². The highest BCUT2D eigenvalue weighted by molar-refractivity contribution is 5.69. The van der Waals surface area contributed by atoms with Crippen LogP contribution in [0.15, 0.2) is 0 Å². The molecule has 244 valence electrons. The molecule has 0 bridgehead atoms. The predicted octanol–water partition coefficient (Wildman–Crippen LogP) is 6.28. The van der Waals surface area contributed by atoms with Crippen LogP contribution < -0.4 is 21.7 Å². The zero-order valence-electron chi connectivity index (χ0n) is 28.2.